The van der Waals surface area contributed by atoms with E-state index >= 15 is 0 Å². The molecule has 2 atom stereocenters. The van der Waals surface area contributed by atoms with Gasteiger partial charge in [0.05, 0.1) is 9.79 Å². The van der Waals surface area contributed by atoms with Gasteiger partial charge in [-0.05, 0) is 74.0 Å². The van der Waals surface area contributed by atoms with E-state index < -0.39 is 15.7 Å². The second kappa shape index (κ2) is 5.86. The molecule has 4 rings (SSSR count). The van der Waals surface area contributed by atoms with Crippen LogP contribution in [-0.4, -0.2) is 27.5 Å². The Morgan fingerprint density at radius 3 is 2.46 bits per heavy atom. The van der Waals surface area contributed by atoms with Gasteiger partial charge in [0.25, 0.3) is 0 Å². The average molecular weight is 346 g/mol. The van der Waals surface area contributed by atoms with Crippen molar-refractivity contribution in [3.63, 3.8) is 0 Å². The molecule has 0 amide bonds. The van der Waals surface area contributed by atoms with Gasteiger partial charge in [0, 0.05) is 17.6 Å². The number of sulfone groups is 1. The van der Waals surface area contributed by atoms with Crippen molar-refractivity contribution in [2.24, 2.45) is 0 Å². The molecule has 2 aromatic carbocycles. The van der Waals surface area contributed by atoms with Gasteiger partial charge >= 0.3 is 0 Å². The zero-order valence-corrected chi connectivity index (χ0v) is 13.9. The van der Waals surface area contributed by atoms with Crippen LogP contribution in [0.5, 0.6) is 0 Å². The zero-order chi connectivity index (χ0) is 16.7. The Morgan fingerprint density at radius 1 is 0.958 bits per heavy atom. The van der Waals surface area contributed by atoms with Crippen LogP contribution >= 0.6 is 0 Å². The normalized spacial score (nSPS) is 23.0. The lowest BCUT2D eigenvalue weighted by Crippen LogP contribution is -2.21. The van der Waals surface area contributed by atoms with Gasteiger partial charge in [0.1, 0.15) is 5.82 Å². The van der Waals surface area contributed by atoms with E-state index in [0.717, 1.165) is 37.2 Å². The van der Waals surface area contributed by atoms with Gasteiger partial charge in [0.2, 0.25) is 9.84 Å². The van der Waals surface area contributed by atoms with Crippen LogP contribution < -0.4 is 10.6 Å². The van der Waals surface area contributed by atoms with E-state index in [0.29, 0.717) is 12.0 Å². The van der Waals surface area contributed by atoms with Gasteiger partial charge in [-0.15, -0.1) is 0 Å². The second-order valence-electron chi connectivity index (χ2n) is 6.39. The number of anilines is 1. The SMILES string of the molecule is O=S(=O)(c1ccc(F)cc1)c1ccc2c(c1)[C@H]1CCNCC[C@H]1N2. The highest BCUT2D eigenvalue weighted by atomic mass is 32.2. The van der Waals surface area contributed by atoms with Gasteiger partial charge in [0.15, 0.2) is 0 Å². The first-order valence-corrected chi connectivity index (χ1v) is 9.66. The predicted molar refractivity (Wildman–Crippen MR) is 90.5 cm³/mol. The van der Waals surface area contributed by atoms with E-state index in [2.05, 4.69) is 10.6 Å². The molecule has 126 valence electrons. The number of benzene rings is 2. The molecule has 24 heavy (non-hydrogen) atoms. The Bertz CT molecular complexity index is 865. The number of hydrogen-bond donors (Lipinski definition) is 2. The fourth-order valence-corrected chi connectivity index (χ4v) is 4.98. The lowest BCUT2D eigenvalue weighted by Gasteiger charge is -2.16. The summed E-state index contributed by atoms with van der Waals surface area (Å²) in [5.41, 5.74) is 2.11. The highest BCUT2D eigenvalue weighted by Gasteiger charge is 2.34. The van der Waals surface area contributed by atoms with Gasteiger partial charge in [-0.2, -0.15) is 0 Å². The fourth-order valence-electron chi connectivity index (χ4n) is 3.68. The molecule has 2 N–H and O–H groups in total. The number of rotatable bonds is 2. The van der Waals surface area contributed by atoms with Crippen molar-refractivity contribution < 1.29 is 12.8 Å². The van der Waals surface area contributed by atoms with E-state index in [1.807, 2.05) is 6.07 Å². The summed E-state index contributed by atoms with van der Waals surface area (Å²) in [5, 5.41) is 6.91. The molecular weight excluding hydrogens is 327 g/mol. The quantitative estimate of drug-likeness (QED) is 0.821. The van der Waals surface area contributed by atoms with Crippen molar-refractivity contribution >= 4 is 15.5 Å². The molecule has 1 saturated heterocycles. The zero-order valence-electron chi connectivity index (χ0n) is 13.1. The highest BCUT2D eigenvalue weighted by molar-refractivity contribution is 7.91. The van der Waals surface area contributed by atoms with Gasteiger partial charge < -0.3 is 10.6 Å². The molecule has 2 aliphatic rings. The summed E-state index contributed by atoms with van der Waals surface area (Å²) in [5.74, 6) is -0.112. The monoisotopic (exact) mass is 346 g/mol. The Morgan fingerprint density at radius 2 is 1.67 bits per heavy atom. The maximum absolute atomic E-state index is 13.1. The van der Waals surface area contributed by atoms with Crippen molar-refractivity contribution in [2.45, 2.75) is 34.6 Å². The van der Waals surface area contributed by atoms with Gasteiger partial charge in [-0.1, -0.05) is 0 Å². The van der Waals surface area contributed by atoms with E-state index in [-0.39, 0.29) is 9.79 Å². The van der Waals surface area contributed by atoms with Gasteiger partial charge in [-0.3, -0.25) is 0 Å². The molecule has 0 bridgehead atoms. The Hall–Kier alpha value is -1.92. The van der Waals surface area contributed by atoms with Crippen LogP contribution in [0, 0.1) is 5.82 Å². The standard InChI is InChI=1S/C18H19FN2O2S/c19-12-1-3-13(4-2-12)24(22,23)14-5-6-17-16(11-14)15-7-9-20-10-8-18(15)21-17/h1-6,11,15,18,20-21H,7-10H2/t15-,18-/m1/s1. The van der Waals surface area contributed by atoms with Crippen molar-refractivity contribution in [2.75, 3.05) is 18.4 Å². The third-order valence-electron chi connectivity index (χ3n) is 4.95. The van der Waals surface area contributed by atoms with E-state index in [1.54, 1.807) is 12.1 Å². The molecule has 0 aromatic heterocycles. The van der Waals surface area contributed by atoms with Crippen LogP contribution in [0.15, 0.2) is 52.3 Å². The smallest absolute Gasteiger partial charge is 0.206 e. The largest absolute Gasteiger partial charge is 0.381 e. The maximum atomic E-state index is 13.1. The van der Waals surface area contributed by atoms with E-state index in [1.165, 1.54) is 24.3 Å². The van der Waals surface area contributed by atoms with E-state index in [4.69, 9.17) is 0 Å². The predicted octanol–water partition coefficient (Wildman–Crippen LogP) is 2.92. The molecule has 2 aromatic rings. The summed E-state index contributed by atoms with van der Waals surface area (Å²) in [7, 11) is -3.63. The Kier molecular flexibility index (Phi) is 3.81. The van der Waals surface area contributed by atoms with E-state index in [9.17, 15) is 12.8 Å². The van der Waals surface area contributed by atoms with Gasteiger partial charge in [-0.25, -0.2) is 12.8 Å². The number of hydrogen-bond acceptors (Lipinski definition) is 4. The van der Waals surface area contributed by atoms with Crippen molar-refractivity contribution in [3.8, 4) is 0 Å². The molecule has 2 heterocycles. The van der Waals surface area contributed by atoms with Crippen LogP contribution in [0.1, 0.15) is 24.3 Å². The minimum absolute atomic E-state index is 0.119. The molecule has 0 spiro atoms. The topological polar surface area (TPSA) is 58.2 Å². The lowest BCUT2D eigenvalue weighted by atomic mass is 9.91. The summed E-state index contributed by atoms with van der Waals surface area (Å²) in [6.07, 6.45) is 2.02. The molecule has 0 radical (unpaired) electrons. The summed E-state index contributed by atoms with van der Waals surface area (Å²) >= 11 is 0. The summed E-state index contributed by atoms with van der Waals surface area (Å²) < 4.78 is 38.7. The molecular formula is C18H19FN2O2S. The van der Waals surface area contributed by atoms with Crippen molar-refractivity contribution in [3.05, 3.63) is 53.8 Å². The Labute approximate surface area is 141 Å². The molecule has 0 aliphatic carbocycles. The third kappa shape index (κ3) is 2.59. The number of fused-ring (bicyclic) bond motifs is 3. The van der Waals surface area contributed by atoms with Crippen LogP contribution in [0.4, 0.5) is 10.1 Å². The minimum Gasteiger partial charge on any atom is -0.381 e. The molecule has 2 aliphatic heterocycles. The minimum atomic E-state index is -3.63. The summed E-state index contributed by atoms with van der Waals surface area (Å²) in [6.45, 7) is 1.92. The van der Waals surface area contributed by atoms with Crippen LogP contribution in [0.3, 0.4) is 0 Å². The Balaban J connectivity index is 1.73. The summed E-state index contributed by atoms with van der Waals surface area (Å²) in [6, 6.07) is 10.6. The van der Waals surface area contributed by atoms with Crippen molar-refractivity contribution in [1.29, 1.82) is 0 Å². The molecule has 4 nitrogen and oxygen atoms in total. The number of halogens is 1. The first-order valence-electron chi connectivity index (χ1n) is 8.17. The fraction of sp³-hybridized carbons (Fsp3) is 0.333. The van der Waals surface area contributed by atoms with Crippen LogP contribution in [0.2, 0.25) is 0 Å². The highest BCUT2D eigenvalue weighted by Crippen LogP contribution is 2.41. The first-order chi connectivity index (χ1) is 11.6. The van der Waals surface area contributed by atoms with Crippen LogP contribution in [-0.2, 0) is 9.84 Å². The average Bonchev–Trinajstić information content (AvgIpc) is 2.75. The van der Waals surface area contributed by atoms with Crippen molar-refractivity contribution in [1.82, 2.24) is 5.32 Å². The number of nitrogens with one attached hydrogen (secondary N) is 2. The molecule has 0 unspecified atom stereocenters. The summed E-state index contributed by atoms with van der Waals surface area (Å²) in [4.78, 5) is 0.390. The first kappa shape index (κ1) is 15.6. The molecule has 6 heteroatoms. The second-order valence-corrected chi connectivity index (χ2v) is 8.34. The van der Waals surface area contributed by atoms with Crippen LogP contribution in [0.25, 0.3) is 0 Å². The maximum Gasteiger partial charge on any atom is 0.206 e. The molecule has 0 saturated carbocycles. The molecule has 1 fully saturated rings. The third-order valence-corrected chi connectivity index (χ3v) is 6.71. The lowest BCUT2D eigenvalue weighted by molar-refractivity contribution is 0.576.